The van der Waals surface area contributed by atoms with E-state index in [1.807, 2.05) is 6.07 Å². The Morgan fingerprint density at radius 1 is 1.00 bits per heavy atom. The molecule has 1 saturated carbocycles. The van der Waals surface area contributed by atoms with Gasteiger partial charge in [-0.05, 0) is 43.9 Å². The van der Waals surface area contributed by atoms with Crippen molar-refractivity contribution in [3.63, 3.8) is 0 Å². The van der Waals surface area contributed by atoms with Gasteiger partial charge >= 0.3 is 5.97 Å². The number of nitrogens with one attached hydrogen (secondary N) is 1. The number of nitrogens with zero attached hydrogens (tertiary/aromatic N) is 1. The van der Waals surface area contributed by atoms with Crippen LogP contribution in [0.3, 0.4) is 0 Å². The molecule has 0 unspecified atom stereocenters. The highest BCUT2D eigenvalue weighted by Gasteiger charge is 2.32. The molecule has 1 atom stereocenters. The van der Waals surface area contributed by atoms with Crippen LogP contribution in [0.25, 0.3) is 0 Å². The largest absolute Gasteiger partial charge is 0.444 e. The Balaban J connectivity index is 1.56. The summed E-state index contributed by atoms with van der Waals surface area (Å²) in [5.74, 6) is -1.12. The summed E-state index contributed by atoms with van der Waals surface area (Å²) in [4.78, 5) is 25.5. The van der Waals surface area contributed by atoms with Crippen molar-refractivity contribution < 1.29 is 22.7 Å². The molecule has 0 aromatic heterocycles. The molecule has 158 valence electrons. The molecule has 4 rings (SSSR count). The van der Waals surface area contributed by atoms with Gasteiger partial charge in [0, 0.05) is 24.7 Å². The van der Waals surface area contributed by atoms with Crippen molar-refractivity contribution in [1.82, 2.24) is 9.62 Å². The molecule has 0 spiro atoms. The van der Waals surface area contributed by atoms with Gasteiger partial charge in [0.15, 0.2) is 0 Å². The minimum Gasteiger partial charge on any atom is -0.444 e. The van der Waals surface area contributed by atoms with Crippen LogP contribution in [0.5, 0.6) is 0 Å². The molecular weight excluding hydrogens is 404 g/mol. The molecule has 1 heterocycles. The van der Waals surface area contributed by atoms with E-state index in [2.05, 4.69) is 5.32 Å². The molecule has 2 aromatic carbocycles. The first-order chi connectivity index (χ1) is 14.4. The zero-order chi connectivity index (χ0) is 21.1. The molecule has 7 nitrogen and oxygen atoms in total. The van der Waals surface area contributed by atoms with Crippen molar-refractivity contribution in [3.05, 3.63) is 65.7 Å². The fourth-order valence-corrected chi connectivity index (χ4v) is 5.00. The van der Waals surface area contributed by atoms with Gasteiger partial charge in [0.25, 0.3) is 5.91 Å². The number of rotatable bonds is 7. The molecule has 1 amide bonds. The van der Waals surface area contributed by atoms with Gasteiger partial charge < -0.3 is 10.1 Å². The molecule has 1 N–H and O–H groups in total. The fourth-order valence-electron chi connectivity index (χ4n) is 3.44. The van der Waals surface area contributed by atoms with Crippen molar-refractivity contribution in [2.24, 2.45) is 0 Å². The highest BCUT2D eigenvalue weighted by molar-refractivity contribution is 7.89. The van der Waals surface area contributed by atoms with E-state index in [0.29, 0.717) is 18.7 Å². The first-order valence-electron chi connectivity index (χ1n) is 10.1. The smallest absolute Gasteiger partial charge is 0.339 e. The van der Waals surface area contributed by atoms with E-state index in [0.717, 1.165) is 25.7 Å². The van der Waals surface area contributed by atoms with E-state index in [1.54, 1.807) is 24.3 Å². The van der Waals surface area contributed by atoms with Crippen molar-refractivity contribution in [1.29, 1.82) is 0 Å². The molecule has 0 radical (unpaired) electrons. The average molecular weight is 429 g/mol. The Morgan fingerprint density at radius 3 is 2.37 bits per heavy atom. The van der Waals surface area contributed by atoms with Gasteiger partial charge in [-0.1, -0.05) is 36.4 Å². The maximum atomic E-state index is 12.8. The number of carbonyl (C=O) groups is 2. The lowest BCUT2D eigenvalue weighted by Crippen LogP contribution is -2.33. The molecule has 1 aliphatic heterocycles. The Morgan fingerprint density at radius 2 is 1.70 bits per heavy atom. The molecule has 2 fully saturated rings. The molecule has 8 heteroatoms. The number of carbonyl (C=O) groups excluding carboxylic acids is 2. The minimum atomic E-state index is -3.65. The van der Waals surface area contributed by atoms with Crippen LogP contribution in [0.4, 0.5) is 0 Å². The third-order valence-electron chi connectivity index (χ3n) is 5.26. The molecular formula is C22H24N2O5S. The second kappa shape index (κ2) is 8.57. The van der Waals surface area contributed by atoms with E-state index in [4.69, 9.17) is 4.74 Å². The van der Waals surface area contributed by atoms with Gasteiger partial charge in [-0.3, -0.25) is 4.79 Å². The first-order valence-corrected chi connectivity index (χ1v) is 11.6. The summed E-state index contributed by atoms with van der Waals surface area (Å²) >= 11 is 0. The monoisotopic (exact) mass is 428 g/mol. The summed E-state index contributed by atoms with van der Waals surface area (Å²) in [6.07, 6.45) is 2.39. The zero-order valence-corrected chi connectivity index (χ0v) is 17.3. The zero-order valence-electron chi connectivity index (χ0n) is 16.5. The van der Waals surface area contributed by atoms with Gasteiger partial charge in [0.2, 0.25) is 16.1 Å². The number of sulfonamides is 1. The van der Waals surface area contributed by atoms with Crippen LogP contribution in [0, 0.1) is 0 Å². The van der Waals surface area contributed by atoms with Crippen LogP contribution < -0.4 is 5.32 Å². The van der Waals surface area contributed by atoms with Gasteiger partial charge in [-0.2, -0.15) is 4.31 Å². The lowest BCUT2D eigenvalue weighted by molar-refractivity contribution is -0.130. The van der Waals surface area contributed by atoms with Gasteiger partial charge in [0.1, 0.15) is 0 Å². The summed E-state index contributed by atoms with van der Waals surface area (Å²) in [5, 5.41) is 2.86. The molecule has 2 aromatic rings. The third-order valence-corrected chi connectivity index (χ3v) is 7.16. The average Bonchev–Trinajstić information content (AvgIpc) is 3.39. The fraction of sp³-hybridized carbons (Fsp3) is 0.364. The number of hydrogen-bond donors (Lipinski definition) is 1. The van der Waals surface area contributed by atoms with E-state index in [-0.39, 0.29) is 22.4 Å². The van der Waals surface area contributed by atoms with Crippen molar-refractivity contribution >= 4 is 21.9 Å². The van der Waals surface area contributed by atoms with Gasteiger partial charge in [-0.25, -0.2) is 13.2 Å². The maximum Gasteiger partial charge on any atom is 0.339 e. The maximum absolute atomic E-state index is 12.8. The Labute approximate surface area is 176 Å². The number of hydrogen-bond acceptors (Lipinski definition) is 5. The summed E-state index contributed by atoms with van der Waals surface area (Å²) in [6.45, 7) is 0.961. The predicted octanol–water partition coefficient (Wildman–Crippen LogP) is 2.65. The highest BCUT2D eigenvalue weighted by Crippen LogP contribution is 2.25. The lowest BCUT2D eigenvalue weighted by Gasteiger charge is -2.19. The summed E-state index contributed by atoms with van der Waals surface area (Å²) in [6, 6.07) is 14.7. The second-order valence-corrected chi connectivity index (χ2v) is 9.56. The lowest BCUT2D eigenvalue weighted by atomic mass is 10.1. The van der Waals surface area contributed by atoms with Crippen LogP contribution in [0.2, 0.25) is 0 Å². The third kappa shape index (κ3) is 4.55. The predicted molar refractivity (Wildman–Crippen MR) is 110 cm³/mol. The quantitative estimate of drug-likeness (QED) is 0.685. The van der Waals surface area contributed by atoms with Gasteiger partial charge in [0.05, 0.1) is 10.5 Å². The Kier molecular flexibility index (Phi) is 5.87. The highest BCUT2D eigenvalue weighted by atomic mass is 32.2. The van der Waals surface area contributed by atoms with Crippen LogP contribution in [0.15, 0.2) is 59.5 Å². The normalized spacial score (nSPS) is 18.0. The Bertz CT molecular complexity index is 1030. The number of esters is 1. The van der Waals surface area contributed by atoms with Crippen molar-refractivity contribution in [3.8, 4) is 0 Å². The van der Waals surface area contributed by atoms with Crippen LogP contribution >= 0.6 is 0 Å². The summed E-state index contributed by atoms with van der Waals surface area (Å²) in [7, 11) is -3.65. The molecule has 0 bridgehead atoms. The van der Waals surface area contributed by atoms with E-state index >= 15 is 0 Å². The SMILES string of the molecule is O=C(O[C@H](C(=O)NC1CC1)c1ccccc1)c1cccc(S(=O)(=O)N2CCCC2)c1. The van der Waals surface area contributed by atoms with Gasteiger partial charge in [-0.15, -0.1) is 0 Å². The molecule has 30 heavy (non-hydrogen) atoms. The second-order valence-electron chi connectivity index (χ2n) is 7.62. The topological polar surface area (TPSA) is 92.8 Å². The van der Waals surface area contributed by atoms with E-state index in [9.17, 15) is 18.0 Å². The molecule has 1 aliphatic carbocycles. The number of benzene rings is 2. The standard InChI is InChI=1S/C22H24N2O5S/c25-21(23-18-11-12-18)20(16-7-2-1-3-8-16)29-22(26)17-9-6-10-19(15-17)30(27,28)24-13-4-5-14-24/h1-3,6-10,15,18,20H,4-5,11-14H2,(H,23,25)/t20-/m0/s1. The molecule has 2 aliphatic rings. The minimum absolute atomic E-state index is 0.0533. The summed E-state index contributed by atoms with van der Waals surface area (Å²) in [5.41, 5.74) is 0.653. The Hall–Kier alpha value is -2.71. The number of amides is 1. The van der Waals surface area contributed by atoms with Crippen LogP contribution in [-0.2, 0) is 19.6 Å². The number of ether oxygens (including phenoxy) is 1. The van der Waals surface area contributed by atoms with Crippen molar-refractivity contribution in [2.75, 3.05) is 13.1 Å². The van der Waals surface area contributed by atoms with E-state index < -0.39 is 22.1 Å². The van der Waals surface area contributed by atoms with Crippen molar-refractivity contribution in [2.45, 2.75) is 42.7 Å². The van der Waals surface area contributed by atoms with E-state index in [1.165, 1.54) is 28.6 Å². The molecule has 1 saturated heterocycles. The summed E-state index contributed by atoms with van der Waals surface area (Å²) < 4.78 is 32.6. The first kappa shape index (κ1) is 20.6. The van der Waals surface area contributed by atoms with Crippen LogP contribution in [-0.4, -0.2) is 43.7 Å². The van der Waals surface area contributed by atoms with Crippen LogP contribution in [0.1, 0.15) is 47.7 Å².